The normalized spacial score (nSPS) is 10.7. The minimum absolute atomic E-state index is 0.0968. The van der Waals surface area contributed by atoms with Crippen molar-refractivity contribution in [3.63, 3.8) is 0 Å². The van der Waals surface area contributed by atoms with Crippen molar-refractivity contribution in [3.05, 3.63) is 69.7 Å². The maximum absolute atomic E-state index is 12.3. The van der Waals surface area contributed by atoms with Gasteiger partial charge < -0.3 is 9.47 Å². The molecule has 0 spiro atoms. The largest absolute Gasteiger partial charge is 0.482 e. The highest BCUT2D eigenvalue weighted by Gasteiger charge is 2.06. The number of benzene rings is 2. The zero-order valence-corrected chi connectivity index (χ0v) is 15.5. The minimum Gasteiger partial charge on any atom is -0.482 e. The van der Waals surface area contributed by atoms with Crippen LogP contribution in [0.25, 0.3) is 10.9 Å². The van der Waals surface area contributed by atoms with E-state index in [0.717, 1.165) is 4.47 Å². The molecular weight excluding hydrogens is 400 g/mol. The predicted molar refractivity (Wildman–Crippen MR) is 101 cm³/mol. The molecule has 0 aliphatic rings. The van der Waals surface area contributed by atoms with E-state index in [-0.39, 0.29) is 18.8 Å². The van der Waals surface area contributed by atoms with Crippen molar-refractivity contribution in [1.29, 1.82) is 0 Å². The Hall–Kier alpha value is -2.67. The Labute approximate surface area is 158 Å². The number of rotatable bonds is 7. The number of aromatic nitrogens is 2. The molecule has 0 saturated heterocycles. The molecule has 3 aromatic rings. The van der Waals surface area contributed by atoms with Crippen LogP contribution in [0.4, 0.5) is 0 Å². The molecule has 0 N–H and O–H groups in total. The van der Waals surface area contributed by atoms with E-state index in [1.807, 2.05) is 24.3 Å². The van der Waals surface area contributed by atoms with Crippen LogP contribution in [0, 0.1) is 0 Å². The number of nitrogens with zero attached hydrogens (tertiary/aromatic N) is 2. The SMILES string of the molecule is O=C(COc1ccc(Br)cc1)OCCCn1cnc2ccccc2c1=O. The van der Waals surface area contributed by atoms with Gasteiger partial charge in [-0.1, -0.05) is 28.1 Å². The monoisotopic (exact) mass is 416 g/mol. The molecule has 3 rings (SSSR count). The van der Waals surface area contributed by atoms with Crippen molar-refractivity contribution in [1.82, 2.24) is 9.55 Å². The van der Waals surface area contributed by atoms with Gasteiger partial charge in [0.15, 0.2) is 6.61 Å². The Morgan fingerprint density at radius 3 is 2.69 bits per heavy atom. The molecule has 2 aromatic carbocycles. The summed E-state index contributed by atoms with van der Waals surface area (Å²) in [6.45, 7) is 0.485. The first kappa shape index (κ1) is 18.1. The van der Waals surface area contributed by atoms with Gasteiger partial charge in [-0.25, -0.2) is 9.78 Å². The molecule has 0 aliphatic heterocycles. The molecule has 0 aliphatic carbocycles. The Bertz CT molecular complexity index is 954. The third-order valence-electron chi connectivity index (χ3n) is 3.71. The summed E-state index contributed by atoms with van der Waals surface area (Å²) in [6, 6.07) is 14.4. The zero-order valence-electron chi connectivity index (χ0n) is 13.9. The van der Waals surface area contributed by atoms with E-state index in [4.69, 9.17) is 9.47 Å². The molecule has 26 heavy (non-hydrogen) atoms. The van der Waals surface area contributed by atoms with Crippen molar-refractivity contribution in [2.45, 2.75) is 13.0 Å². The van der Waals surface area contributed by atoms with Crippen molar-refractivity contribution in [2.24, 2.45) is 0 Å². The summed E-state index contributed by atoms with van der Waals surface area (Å²) in [5, 5.41) is 0.579. The molecule has 0 saturated carbocycles. The number of para-hydroxylation sites is 1. The fourth-order valence-corrected chi connectivity index (χ4v) is 2.67. The first-order chi connectivity index (χ1) is 12.6. The second kappa shape index (κ2) is 8.62. The molecule has 0 bridgehead atoms. The Kier molecular flexibility index (Phi) is 6.01. The van der Waals surface area contributed by atoms with Crippen LogP contribution >= 0.6 is 15.9 Å². The summed E-state index contributed by atoms with van der Waals surface area (Å²) in [4.78, 5) is 28.3. The van der Waals surface area contributed by atoms with Crippen LogP contribution in [-0.4, -0.2) is 28.7 Å². The lowest BCUT2D eigenvalue weighted by Gasteiger charge is -2.08. The lowest BCUT2D eigenvalue weighted by Crippen LogP contribution is -2.22. The van der Waals surface area contributed by atoms with E-state index in [1.54, 1.807) is 24.3 Å². The van der Waals surface area contributed by atoms with Crippen molar-refractivity contribution >= 4 is 32.8 Å². The van der Waals surface area contributed by atoms with Crippen LogP contribution in [0.5, 0.6) is 5.75 Å². The van der Waals surface area contributed by atoms with Gasteiger partial charge in [-0.15, -0.1) is 0 Å². The molecule has 1 aromatic heterocycles. The second-order valence-corrected chi connectivity index (χ2v) is 6.49. The van der Waals surface area contributed by atoms with Crippen molar-refractivity contribution < 1.29 is 14.3 Å². The topological polar surface area (TPSA) is 70.4 Å². The van der Waals surface area contributed by atoms with Crippen molar-refractivity contribution in [3.8, 4) is 5.75 Å². The van der Waals surface area contributed by atoms with Gasteiger partial charge in [0.2, 0.25) is 0 Å². The van der Waals surface area contributed by atoms with Crippen LogP contribution < -0.4 is 10.3 Å². The zero-order chi connectivity index (χ0) is 18.4. The van der Waals surface area contributed by atoms with Crippen LogP contribution in [0.2, 0.25) is 0 Å². The number of halogens is 1. The van der Waals surface area contributed by atoms with E-state index in [2.05, 4.69) is 20.9 Å². The van der Waals surface area contributed by atoms with Crippen LogP contribution in [0.15, 0.2) is 64.1 Å². The maximum Gasteiger partial charge on any atom is 0.344 e. The predicted octanol–water partition coefficient (Wildman–Crippen LogP) is 3.17. The lowest BCUT2D eigenvalue weighted by atomic mass is 10.2. The number of aryl methyl sites for hydroxylation is 1. The number of ether oxygens (including phenoxy) is 2. The van der Waals surface area contributed by atoms with E-state index in [0.29, 0.717) is 29.6 Å². The van der Waals surface area contributed by atoms with Crippen molar-refractivity contribution in [2.75, 3.05) is 13.2 Å². The standard InChI is InChI=1S/C19H17BrN2O4/c20-14-6-8-15(9-7-14)26-12-18(23)25-11-3-10-22-13-21-17-5-2-1-4-16(17)19(22)24/h1-2,4-9,13H,3,10-12H2. The molecule has 0 radical (unpaired) electrons. The van der Waals surface area contributed by atoms with E-state index < -0.39 is 5.97 Å². The average Bonchev–Trinajstić information content (AvgIpc) is 2.66. The summed E-state index contributed by atoms with van der Waals surface area (Å²) in [5.41, 5.74) is 0.575. The van der Waals surface area contributed by atoms with Gasteiger partial charge in [0.1, 0.15) is 5.75 Å². The number of hydrogen-bond donors (Lipinski definition) is 0. The van der Waals surface area contributed by atoms with Gasteiger partial charge in [-0.3, -0.25) is 9.36 Å². The fourth-order valence-electron chi connectivity index (χ4n) is 2.40. The summed E-state index contributed by atoms with van der Waals surface area (Å²) < 4.78 is 12.9. The Morgan fingerprint density at radius 1 is 1.12 bits per heavy atom. The number of hydrogen-bond acceptors (Lipinski definition) is 5. The minimum atomic E-state index is -0.447. The molecule has 134 valence electrons. The molecule has 0 atom stereocenters. The average molecular weight is 417 g/mol. The van der Waals surface area contributed by atoms with E-state index in [9.17, 15) is 9.59 Å². The van der Waals surface area contributed by atoms with Gasteiger partial charge in [-0.2, -0.15) is 0 Å². The Balaban J connectivity index is 1.44. The molecule has 7 heteroatoms. The summed E-state index contributed by atoms with van der Waals surface area (Å²) in [6.07, 6.45) is 2.03. The molecule has 0 unspecified atom stereocenters. The number of esters is 1. The van der Waals surface area contributed by atoms with E-state index in [1.165, 1.54) is 10.9 Å². The van der Waals surface area contributed by atoms with Crippen LogP contribution in [0.3, 0.4) is 0 Å². The first-order valence-corrected chi connectivity index (χ1v) is 8.91. The van der Waals surface area contributed by atoms with Crippen LogP contribution in [-0.2, 0) is 16.1 Å². The molecule has 6 nitrogen and oxygen atoms in total. The Morgan fingerprint density at radius 2 is 1.88 bits per heavy atom. The van der Waals surface area contributed by atoms with Gasteiger partial charge >= 0.3 is 5.97 Å². The molecule has 1 heterocycles. The quantitative estimate of drug-likeness (QED) is 0.436. The highest BCUT2D eigenvalue weighted by atomic mass is 79.9. The fraction of sp³-hybridized carbons (Fsp3) is 0.211. The highest BCUT2D eigenvalue weighted by Crippen LogP contribution is 2.15. The third kappa shape index (κ3) is 4.70. The second-order valence-electron chi connectivity index (χ2n) is 5.58. The smallest absolute Gasteiger partial charge is 0.344 e. The highest BCUT2D eigenvalue weighted by molar-refractivity contribution is 9.10. The van der Waals surface area contributed by atoms with Gasteiger partial charge in [0, 0.05) is 11.0 Å². The van der Waals surface area contributed by atoms with Gasteiger partial charge in [-0.05, 0) is 42.8 Å². The third-order valence-corrected chi connectivity index (χ3v) is 4.24. The van der Waals surface area contributed by atoms with Gasteiger partial charge in [0.05, 0.1) is 23.8 Å². The molecule has 0 fully saturated rings. The summed E-state index contributed by atoms with van der Waals surface area (Å²) in [5.74, 6) is 0.149. The van der Waals surface area contributed by atoms with Crippen LogP contribution in [0.1, 0.15) is 6.42 Å². The summed E-state index contributed by atoms with van der Waals surface area (Å²) >= 11 is 3.33. The first-order valence-electron chi connectivity index (χ1n) is 8.11. The molecule has 0 amide bonds. The maximum atomic E-state index is 12.3. The van der Waals surface area contributed by atoms with E-state index >= 15 is 0 Å². The van der Waals surface area contributed by atoms with Gasteiger partial charge in [0.25, 0.3) is 5.56 Å². The molecular formula is C19H17BrN2O4. The lowest BCUT2D eigenvalue weighted by molar-refractivity contribution is -0.146. The summed E-state index contributed by atoms with van der Waals surface area (Å²) in [7, 11) is 0. The number of fused-ring (bicyclic) bond motifs is 1. The number of carbonyl (C=O) groups is 1. The number of carbonyl (C=O) groups excluding carboxylic acids is 1.